The first kappa shape index (κ1) is 19.0. The number of hydrogen-bond donors (Lipinski definition) is 2. The Morgan fingerprint density at radius 3 is 2.83 bits per heavy atom. The number of rotatable bonds is 4. The molecule has 4 atom stereocenters. The quantitative estimate of drug-likeness (QED) is 0.711. The van der Waals surface area contributed by atoms with Crippen LogP contribution in [0.2, 0.25) is 0 Å². The molecule has 0 aromatic heterocycles. The zero-order valence-corrected chi connectivity index (χ0v) is 14.4. The highest BCUT2D eigenvalue weighted by atomic mass is 16.6. The Morgan fingerprint density at radius 1 is 1.33 bits per heavy atom. The number of nitrogens with zero attached hydrogens (tertiary/aromatic N) is 1. The molecule has 0 spiro atoms. The van der Waals surface area contributed by atoms with Crippen molar-refractivity contribution in [2.45, 2.75) is 57.0 Å². The van der Waals surface area contributed by atoms with E-state index in [9.17, 15) is 14.7 Å². The number of urea groups is 1. The number of esters is 1. The van der Waals surface area contributed by atoms with E-state index in [1.165, 1.54) is 7.11 Å². The second kappa shape index (κ2) is 9.19. The lowest BCUT2D eigenvalue weighted by Gasteiger charge is -2.44. The number of carbonyl (C=O) groups is 2. The number of fused-ring (bicyclic) bond motifs is 1. The predicted molar refractivity (Wildman–Crippen MR) is 85.5 cm³/mol. The van der Waals surface area contributed by atoms with E-state index in [0.29, 0.717) is 19.4 Å². The number of carbonyl (C=O) groups excluding carboxylic acids is 2. The lowest BCUT2D eigenvalue weighted by Crippen LogP contribution is -2.59. The molecule has 24 heavy (non-hydrogen) atoms. The normalized spacial score (nSPS) is 30.7. The van der Waals surface area contributed by atoms with Gasteiger partial charge in [-0.1, -0.05) is 6.92 Å². The highest BCUT2D eigenvalue weighted by molar-refractivity contribution is 5.74. The number of amides is 2. The van der Waals surface area contributed by atoms with Gasteiger partial charge in [0.25, 0.3) is 0 Å². The van der Waals surface area contributed by atoms with Gasteiger partial charge < -0.3 is 29.5 Å². The van der Waals surface area contributed by atoms with E-state index in [-0.39, 0.29) is 56.4 Å². The Morgan fingerprint density at radius 2 is 2.12 bits per heavy atom. The average molecular weight is 344 g/mol. The summed E-state index contributed by atoms with van der Waals surface area (Å²) in [5, 5.41) is 12.9. The number of β-amino-alcohol motifs (C(OH)–C–C–N with tert-alkyl or cyclic N) is 1. The van der Waals surface area contributed by atoms with Gasteiger partial charge in [-0.05, 0) is 19.3 Å². The van der Waals surface area contributed by atoms with Gasteiger partial charge in [0.05, 0.1) is 51.5 Å². The van der Waals surface area contributed by atoms with Crippen molar-refractivity contribution in [3.05, 3.63) is 0 Å². The van der Waals surface area contributed by atoms with Gasteiger partial charge in [0.2, 0.25) is 0 Å². The summed E-state index contributed by atoms with van der Waals surface area (Å²) in [7, 11) is 1.36. The van der Waals surface area contributed by atoms with E-state index in [0.717, 1.165) is 6.42 Å². The molecule has 2 aliphatic heterocycles. The Kier molecular flexibility index (Phi) is 7.26. The summed E-state index contributed by atoms with van der Waals surface area (Å²) in [5.41, 5.74) is 0. The molecule has 8 nitrogen and oxygen atoms in total. The predicted octanol–water partition coefficient (Wildman–Crippen LogP) is 0.278. The molecule has 2 aliphatic rings. The molecule has 8 heteroatoms. The van der Waals surface area contributed by atoms with Crippen LogP contribution in [0.4, 0.5) is 4.79 Å². The summed E-state index contributed by atoms with van der Waals surface area (Å²) in [6.45, 7) is 3.23. The Bertz CT molecular complexity index is 433. The van der Waals surface area contributed by atoms with Gasteiger partial charge in [0.15, 0.2) is 0 Å². The van der Waals surface area contributed by atoms with Crippen molar-refractivity contribution in [1.82, 2.24) is 10.2 Å². The molecule has 0 radical (unpaired) electrons. The van der Waals surface area contributed by atoms with Crippen molar-refractivity contribution in [2.75, 3.05) is 33.4 Å². The molecule has 0 aliphatic carbocycles. The molecular formula is C16H28N2O6. The fraction of sp³-hybridized carbons (Fsp3) is 0.875. The van der Waals surface area contributed by atoms with E-state index in [4.69, 9.17) is 14.2 Å². The van der Waals surface area contributed by atoms with Gasteiger partial charge in [0.1, 0.15) is 6.10 Å². The van der Waals surface area contributed by atoms with Crippen molar-refractivity contribution >= 4 is 12.0 Å². The number of aliphatic hydroxyl groups is 1. The summed E-state index contributed by atoms with van der Waals surface area (Å²) in [5.74, 6) is -0.307. The Balaban J connectivity index is 2.05. The first-order chi connectivity index (χ1) is 11.5. The van der Waals surface area contributed by atoms with Gasteiger partial charge in [-0.2, -0.15) is 0 Å². The van der Waals surface area contributed by atoms with E-state index in [2.05, 4.69) is 5.32 Å². The minimum absolute atomic E-state index is 0.159. The minimum Gasteiger partial charge on any atom is -0.469 e. The monoisotopic (exact) mass is 344 g/mol. The van der Waals surface area contributed by atoms with Gasteiger partial charge >= 0.3 is 12.0 Å². The highest BCUT2D eigenvalue weighted by Crippen LogP contribution is 2.27. The lowest BCUT2D eigenvalue weighted by atomic mass is 9.95. The molecule has 0 unspecified atom stereocenters. The number of aliphatic hydroxyl groups excluding tert-OH is 1. The maximum Gasteiger partial charge on any atom is 0.317 e. The first-order valence-electron chi connectivity index (χ1n) is 8.57. The summed E-state index contributed by atoms with van der Waals surface area (Å²) in [4.78, 5) is 25.6. The number of nitrogens with one attached hydrogen (secondary N) is 1. The number of ether oxygens (including phenoxy) is 3. The van der Waals surface area contributed by atoms with Crippen molar-refractivity contribution < 1.29 is 28.9 Å². The van der Waals surface area contributed by atoms with Crippen LogP contribution >= 0.6 is 0 Å². The third-order valence-electron chi connectivity index (χ3n) is 4.39. The van der Waals surface area contributed by atoms with Gasteiger partial charge in [0, 0.05) is 6.54 Å². The van der Waals surface area contributed by atoms with Crippen molar-refractivity contribution in [1.29, 1.82) is 0 Å². The van der Waals surface area contributed by atoms with Crippen LogP contribution in [0.5, 0.6) is 0 Å². The number of hydrogen-bond acceptors (Lipinski definition) is 6. The topological polar surface area (TPSA) is 97.3 Å². The van der Waals surface area contributed by atoms with Crippen molar-refractivity contribution in [2.24, 2.45) is 0 Å². The van der Waals surface area contributed by atoms with Crippen LogP contribution < -0.4 is 5.32 Å². The zero-order chi connectivity index (χ0) is 17.5. The standard InChI is InChI=1S/C16H28N2O6/c1-3-6-17-16(21)18-8-11(19)9-23-10-14-13(18)5-4-12(24-14)7-15(20)22-2/h11-14,19H,3-10H2,1-2H3,(H,17,21)/t11-,12-,13-,14+/m1/s1. The minimum atomic E-state index is -0.717. The zero-order valence-electron chi connectivity index (χ0n) is 14.4. The summed E-state index contributed by atoms with van der Waals surface area (Å²) in [6.07, 6.45) is 1.14. The van der Waals surface area contributed by atoms with Crippen LogP contribution in [0.25, 0.3) is 0 Å². The van der Waals surface area contributed by atoms with E-state index >= 15 is 0 Å². The number of methoxy groups -OCH3 is 1. The third kappa shape index (κ3) is 5.06. The third-order valence-corrected chi connectivity index (χ3v) is 4.39. The molecule has 138 valence electrons. The molecule has 2 rings (SSSR count). The van der Waals surface area contributed by atoms with E-state index in [1.54, 1.807) is 4.90 Å². The molecule has 0 aromatic carbocycles. The average Bonchev–Trinajstić information content (AvgIpc) is 2.56. The van der Waals surface area contributed by atoms with Crippen LogP contribution in [0.15, 0.2) is 0 Å². The molecule has 0 saturated carbocycles. The smallest absolute Gasteiger partial charge is 0.317 e. The lowest BCUT2D eigenvalue weighted by molar-refractivity contribution is -0.159. The van der Waals surface area contributed by atoms with Crippen molar-refractivity contribution in [3.63, 3.8) is 0 Å². The summed E-state index contributed by atoms with van der Waals surface area (Å²) < 4.78 is 16.2. The molecular weight excluding hydrogens is 316 g/mol. The summed E-state index contributed by atoms with van der Waals surface area (Å²) in [6, 6.07) is -0.367. The second-order valence-electron chi connectivity index (χ2n) is 6.30. The Hall–Kier alpha value is -1.38. The van der Waals surface area contributed by atoms with Gasteiger partial charge in [-0.15, -0.1) is 0 Å². The molecule has 2 amide bonds. The molecule has 2 heterocycles. The van der Waals surface area contributed by atoms with Gasteiger partial charge in [-0.25, -0.2) is 4.79 Å². The SMILES string of the molecule is CCCNC(=O)N1C[C@@H](O)COC[C@@H]2O[C@@H](CC(=O)OC)CC[C@H]21. The van der Waals surface area contributed by atoms with E-state index < -0.39 is 6.10 Å². The van der Waals surface area contributed by atoms with Crippen LogP contribution in [-0.4, -0.2) is 79.8 Å². The largest absolute Gasteiger partial charge is 0.469 e. The molecule has 2 saturated heterocycles. The molecule has 0 bridgehead atoms. The molecule has 2 N–H and O–H groups in total. The molecule has 0 aromatic rings. The van der Waals surface area contributed by atoms with Crippen LogP contribution in [0, 0.1) is 0 Å². The second-order valence-corrected chi connectivity index (χ2v) is 6.30. The fourth-order valence-electron chi connectivity index (χ4n) is 3.18. The van der Waals surface area contributed by atoms with E-state index in [1.807, 2.05) is 6.92 Å². The Labute approximate surface area is 142 Å². The fourth-order valence-corrected chi connectivity index (χ4v) is 3.18. The van der Waals surface area contributed by atoms with Gasteiger partial charge in [-0.3, -0.25) is 4.79 Å². The van der Waals surface area contributed by atoms with Crippen molar-refractivity contribution in [3.8, 4) is 0 Å². The molecule has 2 fully saturated rings. The highest BCUT2D eigenvalue weighted by Gasteiger charge is 2.40. The first-order valence-corrected chi connectivity index (χ1v) is 8.57. The van der Waals surface area contributed by atoms with Crippen LogP contribution in [0.3, 0.4) is 0 Å². The maximum atomic E-state index is 12.5. The summed E-state index contributed by atoms with van der Waals surface area (Å²) >= 11 is 0. The van der Waals surface area contributed by atoms with Crippen LogP contribution in [0.1, 0.15) is 32.6 Å². The van der Waals surface area contributed by atoms with Crippen LogP contribution in [-0.2, 0) is 19.0 Å². The maximum absolute atomic E-state index is 12.5.